The third kappa shape index (κ3) is 3.20. The summed E-state index contributed by atoms with van der Waals surface area (Å²) in [6, 6.07) is 7.56. The van der Waals surface area contributed by atoms with E-state index in [0.717, 1.165) is 0 Å². The molecule has 0 saturated heterocycles. The molecular weight excluding hydrogens is 399 g/mol. The molecule has 0 aliphatic carbocycles. The Hall–Kier alpha value is -2.19. The molecule has 1 N–H and O–H groups in total. The predicted molar refractivity (Wildman–Crippen MR) is 94.8 cm³/mol. The Morgan fingerprint density at radius 1 is 1.25 bits per heavy atom. The molecule has 0 saturated carbocycles. The molecule has 0 aliphatic heterocycles. The average Bonchev–Trinajstić information content (AvgIpc) is 2.95. The number of carbonyl (C=O) groups excluding carboxylic acids is 1. The Kier molecular flexibility index (Phi) is 4.68. The van der Waals surface area contributed by atoms with Gasteiger partial charge in [0.15, 0.2) is 5.13 Å². The fraction of sp³-hybridized carbons (Fsp3) is 0.125. The van der Waals surface area contributed by atoms with Crippen molar-refractivity contribution in [2.75, 3.05) is 19.5 Å². The Balaban J connectivity index is 1.95. The number of thiazole rings is 1. The first-order valence-corrected chi connectivity index (χ1v) is 8.41. The maximum atomic E-state index is 13.3. The molecule has 3 rings (SSSR count). The summed E-state index contributed by atoms with van der Waals surface area (Å²) >= 11 is 4.54. The van der Waals surface area contributed by atoms with E-state index >= 15 is 0 Å². The number of nitrogens with one attached hydrogen (secondary N) is 1. The summed E-state index contributed by atoms with van der Waals surface area (Å²) in [4.78, 5) is 16.9. The zero-order valence-electron chi connectivity index (χ0n) is 12.7. The van der Waals surface area contributed by atoms with E-state index in [1.165, 1.54) is 37.7 Å². The van der Waals surface area contributed by atoms with Gasteiger partial charge in [-0.05, 0) is 46.3 Å². The van der Waals surface area contributed by atoms with Gasteiger partial charge in [-0.25, -0.2) is 9.37 Å². The number of benzene rings is 2. The Bertz CT molecular complexity index is 929. The number of methoxy groups -OCH3 is 2. The molecule has 1 heterocycles. The van der Waals surface area contributed by atoms with Gasteiger partial charge in [0.05, 0.1) is 34.5 Å². The van der Waals surface area contributed by atoms with E-state index in [1.807, 2.05) is 0 Å². The van der Waals surface area contributed by atoms with Gasteiger partial charge in [0.1, 0.15) is 17.3 Å². The second kappa shape index (κ2) is 6.74. The van der Waals surface area contributed by atoms with Crippen molar-refractivity contribution in [3.63, 3.8) is 0 Å². The summed E-state index contributed by atoms with van der Waals surface area (Å²) in [5, 5.41) is 3.09. The third-order valence-corrected chi connectivity index (χ3v) is 4.80. The summed E-state index contributed by atoms with van der Waals surface area (Å²) in [5.41, 5.74) is 0.921. The number of halogens is 2. The standard InChI is InChI=1S/C16H12BrFN2O3S/c1-22-9-6-10(14(23-2)11(17)7-9)15(21)20-16-19-12-4-3-8(18)5-13(12)24-16/h3-7H,1-2H3,(H,19,20,21). The highest BCUT2D eigenvalue weighted by Gasteiger charge is 2.19. The first-order valence-electron chi connectivity index (χ1n) is 6.81. The quantitative estimate of drug-likeness (QED) is 0.689. The second-order valence-electron chi connectivity index (χ2n) is 4.78. The zero-order chi connectivity index (χ0) is 17.3. The summed E-state index contributed by atoms with van der Waals surface area (Å²) in [7, 11) is 2.99. The fourth-order valence-electron chi connectivity index (χ4n) is 2.18. The number of carbonyl (C=O) groups is 1. The van der Waals surface area contributed by atoms with Gasteiger partial charge in [-0.15, -0.1) is 0 Å². The van der Waals surface area contributed by atoms with E-state index in [0.29, 0.717) is 36.9 Å². The first kappa shape index (κ1) is 16.7. The minimum atomic E-state index is -0.397. The van der Waals surface area contributed by atoms with Crippen LogP contribution < -0.4 is 14.8 Å². The molecule has 124 valence electrons. The molecule has 0 unspecified atom stereocenters. The lowest BCUT2D eigenvalue weighted by Gasteiger charge is -2.12. The van der Waals surface area contributed by atoms with Crippen LogP contribution in [0.15, 0.2) is 34.8 Å². The maximum Gasteiger partial charge on any atom is 0.261 e. The number of hydrogen-bond acceptors (Lipinski definition) is 5. The first-order chi connectivity index (χ1) is 11.5. The van der Waals surface area contributed by atoms with Crippen molar-refractivity contribution >= 4 is 48.5 Å². The van der Waals surface area contributed by atoms with Gasteiger partial charge in [-0.2, -0.15) is 0 Å². The van der Waals surface area contributed by atoms with Crippen LogP contribution in [0.25, 0.3) is 10.2 Å². The van der Waals surface area contributed by atoms with Crippen molar-refractivity contribution in [2.45, 2.75) is 0 Å². The minimum absolute atomic E-state index is 0.300. The maximum absolute atomic E-state index is 13.3. The predicted octanol–water partition coefficient (Wildman–Crippen LogP) is 4.47. The molecule has 0 fully saturated rings. The molecule has 3 aromatic rings. The lowest BCUT2D eigenvalue weighted by molar-refractivity contribution is 0.102. The van der Waals surface area contributed by atoms with Crippen LogP contribution in [0.4, 0.5) is 9.52 Å². The minimum Gasteiger partial charge on any atom is -0.497 e. The van der Waals surface area contributed by atoms with Crippen molar-refractivity contribution < 1.29 is 18.7 Å². The fourth-order valence-corrected chi connectivity index (χ4v) is 3.67. The highest BCUT2D eigenvalue weighted by atomic mass is 79.9. The molecule has 0 spiro atoms. The Morgan fingerprint density at radius 3 is 2.75 bits per heavy atom. The molecule has 0 bridgehead atoms. The molecule has 5 nitrogen and oxygen atoms in total. The van der Waals surface area contributed by atoms with Gasteiger partial charge in [0.2, 0.25) is 0 Å². The van der Waals surface area contributed by atoms with Crippen LogP contribution in [0.3, 0.4) is 0 Å². The normalized spacial score (nSPS) is 10.7. The summed E-state index contributed by atoms with van der Waals surface area (Å²) in [6.45, 7) is 0. The van der Waals surface area contributed by atoms with Crippen molar-refractivity contribution in [1.29, 1.82) is 0 Å². The van der Waals surface area contributed by atoms with Crippen molar-refractivity contribution in [3.05, 3.63) is 46.2 Å². The number of amides is 1. The lowest BCUT2D eigenvalue weighted by Crippen LogP contribution is -2.13. The van der Waals surface area contributed by atoms with Crippen molar-refractivity contribution in [1.82, 2.24) is 4.98 Å². The van der Waals surface area contributed by atoms with Crippen LogP contribution in [0.5, 0.6) is 11.5 Å². The number of aromatic nitrogens is 1. The van der Waals surface area contributed by atoms with Gasteiger partial charge < -0.3 is 9.47 Å². The van der Waals surface area contributed by atoms with Gasteiger partial charge in [0.25, 0.3) is 5.91 Å². The molecule has 0 aliphatic rings. The van der Waals surface area contributed by atoms with Gasteiger partial charge in [0, 0.05) is 0 Å². The largest absolute Gasteiger partial charge is 0.497 e. The number of anilines is 1. The number of ether oxygens (including phenoxy) is 2. The van der Waals surface area contributed by atoms with Gasteiger partial charge >= 0.3 is 0 Å². The van der Waals surface area contributed by atoms with Crippen LogP contribution in [-0.2, 0) is 0 Å². The highest BCUT2D eigenvalue weighted by Crippen LogP contribution is 2.34. The third-order valence-electron chi connectivity index (χ3n) is 3.27. The SMILES string of the molecule is COc1cc(Br)c(OC)c(C(=O)Nc2nc3ccc(F)cc3s2)c1. The van der Waals surface area contributed by atoms with Crippen LogP contribution in [0.1, 0.15) is 10.4 Å². The number of rotatable bonds is 4. The van der Waals surface area contributed by atoms with E-state index in [1.54, 1.807) is 18.2 Å². The van der Waals surface area contributed by atoms with Crippen molar-refractivity contribution in [3.8, 4) is 11.5 Å². The topological polar surface area (TPSA) is 60.5 Å². The Morgan fingerprint density at radius 2 is 2.04 bits per heavy atom. The molecule has 0 atom stereocenters. The van der Waals surface area contributed by atoms with Crippen molar-refractivity contribution in [2.24, 2.45) is 0 Å². The molecule has 8 heteroatoms. The smallest absolute Gasteiger partial charge is 0.261 e. The molecule has 2 aromatic carbocycles. The molecule has 24 heavy (non-hydrogen) atoms. The average molecular weight is 411 g/mol. The molecule has 1 amide bonds. The van der Waals surface area contributed by atoms with Crippen LogP contribution in [0.2, 0.25) is 0 Å². The van der Waals surface area contributed by atoms with E-state index in [4.69, 9.17) is 9.47 Å². The molecular formula is C16H12BrFN2O3S. The van der Waals surface area contributed by atoms with E-state index in [2.05, 4.69) is 26.2 Å². The van der Waals surface area contributed by atoms with Gasteiger partial charge in [-0.3, -0.25) is 10.1 Å². The zero-order valence-corrected chi connectivity index (χ0v) is 15.1. The van der Waals surface area contributed by atoms with Crippen LogP contribution in [0, 0.1) is 5.82 Å². The Labute approximate surface area is 149 Å². The van der Waals surface area contributed by atoms with E-state index < -0.39 is 5.91 Å². The van der Waals surface area contributed by atoms with E-state index in [9.17, 15) is 9.18 Å². The number of hydrogen-bond donors (Lipinski definition) is 1. The van der Waals surface area contributed by atoms with Crippen LogP contribution in [-0.4, -0.2) is 25.1 Å². The van der Waals surface area contributed by atoms with Crippen LogP contribution >= 0.6 is 27.3 Å². The molecule has 1 aromatic heterocycles. The van der Waals surface area contributed by atoms with Gasteiger partial charge in [-0.1, -0.05) is 11.3 Å². The summed E-state index contributed by atoms with van der Waals surface area (Å²) in [5.74, 6) is 0.160. The summed E-state index contributed by atoms with van der Waals surface area (Å²) < 4.78 is 25.0. The second-order valence-corrected chi connectivity index (χ2v) is 6.66. The number of nitrogens with zero attached hydrogens (tertiary/aromatic N) is 1. The van der Waals surface area contributed by atoms with E-state index in [-0.39, 0.29) is 5.82 Å². The molecule has 0 radical (unpaired) electrons. The highest BCUT2D eigenvalue weighted by molar-refractivity contribution is 9.10. The summed E-state index contributed by atoms with van der Waals surface area (Å²) in [6.07, 6.45) is 0. The monoisotopic (exact) mass is 410 g/mol. The number of fused-ring (bicyclic) bond motifs is 1. The lowest BCUT2D eigenvalue weighted by atomic mass is 10.1.